The summed E-state index contributed by atoms with van der Waals surface area (Å²) >= 11 is 0. The molecule has 6 nitrogen and oxygen atoms in total. The molecule has 286 valence electrons. The van der Waals surface area contributed by atoms with Crippen LogP contribution in [0.1, 0.15) is 5.56 Å². The summed E-state index contributed by atoms with van der Waals surface area (Å²) in [6.45, 7) is 2.16. The second-order valence-corrected chi connectivity index (χ2v) is 15.5. The molecule has 0 bridgehead atoms. The van der Waals surface area contributed by atoms with Gasteiger partial charge in [0.25, 0.3) is 0 Å². The van der Waals surface area contributed by atoms with Gasteiger partial charge in [-0.25, -0.2) is 19.9 Å². The van der Waals surface area contributed by atoms with E-state index in [1.165, 1.54) is 16.2 Å². The molecule has 12 rings (SSSR count). The van der Waals surface area contributed by atoms with E-state index in [9.17, 15) is 0 Å². The predicted molar refractivity (Wildman–Crippen MR) is 249 cm³/mol. The Labute approximate surface area is 351 Å². The minimum absolute atomic E-state index is 0.566. The Balaban J connectivity index is 1.16. The van der Waals surface area contributed by atoms with Crippen LogP contribution in [0.5, 0.6) is 0 Å². The summed E-state index contributed by atoms with van der Waals surface area (Å²) in [7, 11) is 0. The third-order valence-electron chi connectivity index (χ3n) is 11.8. The standard InChI is InChI=1S/C55H35N5O/c1-34-15-8-10-21-40(34)44-31-32-45-43-23-12-13-25-47(43)60(50(45)49(44)54-58-52(36-17-4-2-5-18-36)57-53(59-54)37-19-6-3-7-20-37)48-26-14-24-46-51(48)61-55(56-46)39-29-30-42-38(33-39)28-27-35-16-9-11-22-41(35)42/h2-33H,1H3. The lowest BCUT2D eigenvalue weighted by atomic mass is 9.93. The Hall–Kier alpha value is -8.22. The number of rotatable bonds is 6. The molecule has 9 aromatic carbocycles. The van der Waals surface area contributed by atoms with Gasteiger partial charge >= 0.3 is 0 Å². The maximum Gasteiger partial charge on any atom is 0.227 e. The lowest BCUT2D eigenvalue weighted by Gasteiger charge is -2.17. The Bertz CT molecular complexity index is 3610. The van der Waals surface area contributed by atoms with Crippen molar-refractivity contribution in [2.24, 2.45) is 0 Å². The zero-order valence-electron chi connectivity index (χ0n) is 33.1. The van der Waals surface area contributed by atoms with Crippen LogP contribution in [0.4, 0.5) is 0 Å². The topological polar surface area (TPSA) is 69.6 Å². The van der Waals surface area contributed by atoms with E-state index in [1.807, 2.05) is 66.7 Å². The molecule has 0 aliphatic heterocycles. The van der Waals surface area contributed by atoms with E-state index in [0.717, 1.165) is 77.3 Å². The van der Waals surface area contributed by atoms with Crippen molar-refractivity contribution in [3.63, 3.8) is 0 Å². The van der Waals surface area contributed by atoms with E-state index in [4.69, 9.17) is 24.4 Å². The molecule has 0 N–H and O–H groups in total. The van der Waals surface area contributed by atoms with Crippen molar-refractivity contribution in [1.82, 2.24) is 24.5 Å². The minimum atomic E-state index is 0.566. The average molecular weight is 782 g/mol. The third-order valence-corrected chi connectivity index (χ3v) is 11.8. The van der Waals surface area contributed by atoms with Gasteiger partial charge in [0.15, 0.2) is 23.1 Å². The molecule has 6 heteroatoms. The molecular formula is C55H35N5O. The molecule has 0 radical (unpaired) electrons. The number of aryl methyl sites for hydroxylation is 1. The van der Waals surface area contributed by atoms with Crippen molar-refractivity contribution in [2.75, 3.05) is 0 Å². The average Bonchev–Trinajstić information content (AvgIpc) is 3.92. The summed E-state index contributed by atoms with van der Waals surface area (Å²) in [6.07, 6.45) is 0. The molecule has 0 saturated carbocycles. The summed E-state index contributed by atoms with van der Waals surface area (Å²) in [5.74, 6) is 2.35. The van der Waals surface area contributed by atoms with Crippen LogP contribution >= 0.6 is 0 Å². The first-order valence-electron chi connectivity index (χ1n) is 20.5. The van der Waals surface area contributed by atoms with Crippen LogP contribution in [0.3, 0.4) is 0 Å². The number of benzene rings is 9. The van der Waals surface area contributed by atoms with E-state index in [0.29, 0.717) is 28.9 Å². The Kier molecular flexibility index (Phi) is 7.96. The van der Waals surface area contributed by atoms with Gasteiger partial charge in [-0.15, -0.1) is 0 Å². The van der Waals surface area contributed by atoms with Gasteiger partial charge in [0.05, 0.1) is 22.3 Å². The molecule has 12 aromatic rings. The number of para-hydroxylation sites is 2. The lowest BCUT2D eigenvalue weighted by Crippen LogP contribution is -2.04. The normalized spacial score (nSPS) is 11.7. The van der Waals surface area contributed by atoms with Gasteiger partial charge in [0.1, 0.15) is 5.52 Å². The number of oxazole rings is 1. The molecule has 0 aliphatic rings. The Morgan fingerprint density at radius 2 is 1.07 bits per heavy atom. The fraction of sp³-hybridized carbons (Fsp3) is 0.0182. The molecule has 0 aliphatic carbocycles. The van der Waals surface area contributed by atoms with Crippen molar-refractivity contribution in [1.29, 1.82) is 0 Å². The monoisotopic (exact) mass is 781 g/mol. The van der Waals surface area contributed by atoms with Crippen LogP contribution in [0.15, 0.2) is 199 Å². The quantitative estimate of drug-likeness (QED) is 0.157. The van der Waals surface area contributed by atoms with E-state index in [-0.39, 0.29) is 0 Å². The van der Waals surface area contributed by atoms with Gasteiger partial charge in [-0.2, -0.15) is 0 Å². The number of hydrogen-bond acceptors (Lipinski definition) is 5. The highest BCUT2D eigenvalue weighted by atomic mass is 16.3. The molecule has 0 atom stereocenters. The molecule has 0 fully saturated rings. The summed E-state index contributed by atoms with van der Waals surface area (Å²) in [5, 5.41) is 6.96. The molecule has 0 amide bonds. The largest absolute Gasteiger partial charge is 0.434 e. The van der Waals surface area contributed by atoms with Gasteiger partial charge in [-0.1, -0.05) is 164 Å². The van der Waals surface area contributed by atoms with Crippen LogP contribution < -0.4 is 0 Å². The van der Waals surface area contributed by atoms with E-state index >= 15 is 0 Å². The first-order chi connectivity index (χ1) is 30.2. The first kappa shape index (κ1) is 34.8. The smallest absolute Gasteiger partial charge is 0.227 e. The van der Waals surface area contributed by atoms with Gasteiger partial charge < -0.3 is 8.98 Å². The summed E-state index contributed by atoms with van der Waals surface area (Å²) in [5.41, 5.74) is 11.2. The van der Waals surface area contributed by atoms with Crippen molar-refractivity contribution in [3.8, 4) is 62.4 Å². The highest BCUT2D eigenvalue weighted by Gasteiger charge is 2.26. The first-order valence-corrected chi connectivity index (χ1v) is 20.5. The number of aromatic nitrogens is 5. The molecule has 3 heterocycles. The van der Waals surface area contributed by atoms with Crippen LogP contribution in [0.2, 0.25) is 0 Å². The molecule has 61 heavy (non-hydrogen) atoms. The van der Waals surface area contributed by atoms with Crippen molar-refractivity contribution in [2.45, 2.75) is 6.92 Å². The number of fused-ring (bicyclic) bond motifs is 7. The second-order valence-electron chi connectivity index (χ2n) is 15.5. The van der Waals surface area contributed by atoms with Crippen LogP contribution in [0, 0.1) is 6.92 Å². The number of nitrogens with zero attached hydrogens (tertiary/aromatic N) is 5. The zero-order valence-corrected chi connectivity index (χ0v) is 33.1. The minimum Gasteiger partial charge on any atom is -0.434 e. The second kappa shape index (κ2) is 14.0. The highest BCUT2D eigenvalue weighted by molar-refractivity contribution is 6.17. The summed E-state index contributed by atoms with van der Waals surface area (Å²) in [4.78, 5) is 20.9. The molecule has 0 spiro atoms. The van der Waals surface area contributed by atoms with Gasteiger partial charge in [0, 0.05) is 27.5 Å². The highest BCUT2D eigenvalue weighted by Crippen LogP contribution is 2.45. The maximum atomic E-state index is 6.90. The van der Waals surface area contributed by atoms with Gasteiger partial charge in [0.2, 0.25) is 5.89 Å². The SMILES string of the molecule is Cc1ccccc1-c1ccc2c3ccccc3n(-c3cccc4nc(-c5ccc6c(ccc7ccccc76)c5)oc34)c2c1-c1nc(-c2ccccc2)nc(-c2ccccc2)n1. The van der Waals surface area contributed by atoms with Crippen molar-refractivity contribution < 1.29 is 4.42 Å². The van der Waals surface area contributed by atoms with E-state index < -0.39 is 0 Å². The van der Waals surface area contributed by atoms with Gasteiger partial charge in [-0.05, 0) is 75.5 Å². The molecule has 0 saturated heterocycles. The van der Waals surface area contributed by atoms with Crippen LogP contribution in [0.25, 0.3) is 117 Å². The van der Waals surface area contributed by atoms with Crippen LogP contribution in [-0.2, 0) is 0 Å². The fourth-order valence-corrected chi connectivity index (χ4v) is 8.93. The summed E-state index contributed by atoms with van der Waals surface area (Å²) < 4.78 is 9.22. The Morgan fingerprint density at radius 3 is 1.85 bits per heavy atom. The van der Waals surface area contributed by atoms with Crippen molar-refractivity contribution in [3.05, 3.63) is 200 Å². The Morgan fingerprint density at radius 1 is 0.426 bits per heavy atom. The molecular weight excluding hydrogens is 747 g/mol. The predicted octanol–water partition coefficient (Wildman–Crippen LogP) is 14.1. The molecule has 3 aromatic heterocycles. The van der Waals surface area contributed by atoms with Crippen LogP contribution in [-0.4, -0.2) is 24.5 Å². The van der Waals surface area contributed by atoms with E-state index in [1.54, 1.807) is 0 Å². The maximum absolute atomic E-state index is 6.90. The zero-order chi connectivity index (χ0) is 40.4. The lowest BCUT2D eigenvalue weighted by molar-refractivity contribution is 0.618. The van der Waals surface area contributed by atoms with E-state index in [2.05, 4.69) is 139 Å². The fourth-order valence-electron chi connectivity index (χ4n) is 8.93. The van der Waals surface area contributed by atoms with Crippen molar-refractivity contribution >= 4 is 54.5 Å². The van der Waals surface area contributed by atoms with Gasteiger partial charge in [-0.3, -0.25) is 0 Å². The third kappa shape index (κ3) is 5.72. The molecule has 0 unspecified atom stereocenters. The number of hydrogen-bond donors (Lipinski definition) is 0. The summed E-state index contributed by atoms with van der Waals surface area (Å²) in [6, 6.07) is 67.3.